The number of fused-ring (bicyclic) bond motifs is 5. The molecule has 4 N–H and O–H groups in total. The minimum atomic E-state index is -0.666. The highest BCUT2D eigenvalue weighted by Crippen LogP contribution is 2.39. The second kappa shape index (κ2) is 9.29. The Morgan fingerprint density at radius 1 is 1.13 bits per heavy atom. The van der Waals surface area contributed by atoms with Crippen molar-refractivity contribution in [1.29, 1.82) is 0 Å². The van der Waals surface area contributed by atoms with Crippen LogP contribution in [0.25, 0.3) is 10.9 Å². The van der Waals surface area contributed by atoms with Crippen LogP contribution in [0.2, 0.25) is 0 Å². The summed E-state index contributed by atoms with van der Waals surface area (Å²) in [7, 11) is 0. The topological polar surface area (TPSA) is 122 Å². The molecule has 0 bridgehead atoms. The summed E-state index contributed by atoms with van der Waals surface area (Å²) >= 11 is 0. The number of hydrogen-bond acceptors (Lipinski definition) is 4. The van der Waals surface area contributed by atoms with Crippen LogP contribution >= 0.6 is 0 Å². The van der Waals surface area contributed by atoms with Gasteiger partial charge in [-0.3, -0.25) is 9.89 Å². The summed E-state index contributed by atoms with van der Waals surface area (Å²) in [5, 5.41) is 17.3. The number of nitrogens with one attached hydrogen (secondary N) is 4. The molecule has 2 aromatic carbocycles. The van der Waals surface area contributed by atoms with E-state index in [1.165, 1.54) is 0 Å². The number of aromatic amines is 1. The number of likely N-dealkylation sites (tertiary alicyclic amines) is 1. The minimum Gasteiger partial charge on any atom is -0.336 e. The number of carbonyl (C=O) groups is 3. The van der Waals surface area contributed by atoms with Crippen molar-refractivity contribution in [2.45, 2.75) is 58.2 Å². The lowest BCUT2D eigenvalue weighted by atomic mass is 9.79. The fourth-order valence-corrected chi connectivity index (χ4v) is 6.29. The number of piperidine rings is 1. The van der Waals surface area contributed by atoms with Crippen LogP contribution in [-0.4, -0.2) is 63.6 Å². The molecule has 1 fully saturated rings. The summed E-state index contributed by atoms with van der Waals surface area (Å²) in [6, 6.07) is 10.7. The fourth-order valence-electron chi connectivity index (χ4n) is 6.29. The number of H-pyrrole nitrogens is 1. The number of urea groups is 2. The summed E-state index contributed by atoms with van der Waals surface area (Å²) in [4.78, 5) is 43.3. The van der Waals surface area contributed by atoms with Gasteiger partial charge < -0.3 is 25.8 Å². The van der Waals surface area contributed by atoms with Gasteiger partial charge in [0.2, 0.25) is 5.91 Å². The van der Waals surface area contributed by atoms with Crippen LogP contribution in [0.1, 0.15) is 50.3 Å². The van der Waals surface area contributed by atoms with E-state index in [-0.39, 0.29) is 23.4 Å². The normalized spacial score (nSPS) is 20.6. The van der Waals surface area contributed by atoms with E-state index in [1.54, 1.807) is 4.90 Å². The Hall–Kier alpha value is -4.08. The van der Waals surface area contributed by atoms with Crippen molar-refractivity contribution in [2.75, 3.05) is 25.0 Å². The van der Waals surface area contributed by atoms with Crippen molar-refractivity contribution in [3.05, 3.63) is 59.3 Å². The predicted octanol–water partition coefficient (Wildman–Crippen LogP) is 3.70. The van der Waals surface area contributed by atoms with Gasteiger partial charge in [0.1, 0.15) is 6.04 Å². The van der Waals surface area contributed by atoms with Gasteiger partial charge in [-0.25, -0.2) is 9.59 Å². The molecule has 1 atom stereocenters. The molecule has 1 spiro atoms. The molecule has 10 heteroatoms. The molecule has 1 aromatic heterocycles. The molecule has 1 unspecified atom stereocenters. The van der Waals surface area contributed by atoms with E-state index in [0.717, 1.165) is 33.3 Å². The van der Waals surface area contributed by atoms with Crippen LogP contribution in [0.15, 0.2) is 42.6 Å². The maximum absolute atomic E-state index is 13.8. The molecule has 10 nitrogen and oxygen atoms in total. The Morgan fingerprint density at radius 2 is 1.90 bits per heavy atom. The monoisotopic (exact) mass is 529 g/mol. The molecule has 0 radical (unpaired) electrons. The Balaban J connectivity index is 1.21. The second-order valence-electron chi connectivity index (χ2n) is 12.2. The molecule has 6 rings (SSSR count). The number of amides is 5. The largest absolute Gasteiger partial charge is 0.336 e. The van der Waals surface area contributed by atoms with Crippen molar-refractivity contribution >= 4 is 34.6 Å². The Kier molecular flexibility index (Phi) is 6.00. The van der Waals surface area contributed by atoms with E-state index >= 15 is 0 Å². The third kappa shape index (κ3) is 4.68. The molecular formula is C29H35N7O3. The number of rotatable bonds is 2. The highest BCUT2D eigenvalue weighted by atomic mass is 16.2. The summed E-state index contributed by atoms with van der Waals surface area (Å²) in [5.41, 5.74) is 4.31. The lowest BCUT2D eigenvalue weighted by Gasteiger charge is -2.45. The van der Waals surface area contributed by atoms with E-state index in [2.05, 4.69) is 46.9 Å². The zero-order valence-electron chi connectivity index (χ0n) is 22.6. The van der Waals surface area contributed by atoms with Gasteiger partial charge in [0.25, 0.3) is 0 Å². The van der Waals surface area contributed by atoms with E-state index in [9.17, 15) is 14.4 Å². The molecule has 0 aliphatic carbocycles. The van der Waals surface area contributed by atoms with Crippen LogP contribution in [0.4, 0.5) is 15.3 Å². The summed E-state index contributed by atoms with van der Waals surface area (Å²) in [5.74, 6) is -0.0702. The van der Waals surface area contributed by atoms with E-state index in [1.807, 2.05) is 47.5 Å². The molecule has 204 valence electrons. The van der Waals surface area contributed by atoms with Crippen LogP contribution in [-0.2, 0) is 23.3 Å². The van der Waals surface area contributed by atoms with E-state index in [4.69, 9.17) is 0 Å². The predicted molar refractivity (Wildman–Crippen MR) is 148 cm³/mol. The first kappa shape index (κ1) is 25.2. The number of carbonyl (C=O) groups excluding carboxylic acids is 3. The lowest BCUT2D eigenvalue weighted by Crippen LogP contribution is -2.59. The number of aromatic nitrogens is 2. The number of hydrogen-bond donors (Lipinski definition) is 4. The molecule has 0 saturated carbocycles. The molecule has 3 aromatic rings. The maximum Gasteiger partial charge on any atom is 0.319 e. The third-order valence-electron chi connectivity index (χ3n) is 8.13. The van der Waals surface area contributed by atoms with Gasteiger partial charge in [0.15, 0.2) is 0 Å². The first-order chi connectivity index (χ1) is 18.6. The highest BCUT2D eigenvalue weighted by Gasteiger charge is 2.43. The fraction of sp³-hybridized carbons (Fsp3) is 0.448. The quantitative estimate of drug-likeness (QED) is 0.404. The highest BCUT2D eigenvalue weighted by molar-refractivity contribution is 5.94. The Morgan fingerprint density at radius 3 is 2.67 bits per heavy atom. The smallest absolute Gasteiger partial charge is 0.319 e. The molecule has 1 saturated heterocycles. The SMILES string of the molecule is CC(C)(C)CN1Cc2c(ccc3[nH]ncc23)CC(NC(=O)N2CCC3(CC2)NC(=O)Nc2ccccc23)C1=O. The van der Waals surface area contributed by atoms with Gasteiger partial charge in [-0.1, -0.05) is 45.0 Å². The van der Waals surface area contributed by atoms with Gasteiger partial charge in [-0.15, -0.1) is 0 Å². The lowest BCUT2D eigenvalue weighted by molar-refractivity contribution is -0.134. The van der Waals surface area contributed by atoms with E-state index < -0.39 is 11.6 Å². The third-order valence-corrected chi connectivity index (χ3v) is 8.13. The van der Waals surface area contributed by atoms with Gasteiger partial charge in [0.05, 0.1) is 17.3 Å². The average molecular weight is 530 g/mol. The first-order valence-corrected chi connectivity index (χ1v) is 13.6. The van der Waals surface area contributed by atoms with Crippen molar-refractivity contribution in [3.63, 3.8) is 0 Å². The maximum atomic E-state index is 13.8. The van der Waals surface area contributed by atoms with Crippen molar-refractivity contribution < 1.29 is 14.4 Å². The standard InChI is InChI=1S/C29H35N7O3/c1-28(2,3)17-36-16-20-18(8-9-22-19(20)15-30-34-22)14-24(25(36)37)32-27(39)35-12-10-29(11-13-35)21-6-4-5-7-23(21)31-26(38)33-29/h4-9,15,24H,10-14,16-17H2,1-3H3,(H,30,34)(H,32,39)(H2,31,33,38). The van der Waals surface area contributed by atoms with Crippen LogP contribution < -0.4 is 16.0 Å². The zero-order valence-corrected chi connectivity index (χ0v) is 22.6. The van der Waals surface area contributed by atoms with Gasteiger partial charge in [-0.2, -0.15) is 5.10 Å². The summed E-state index contributed by atoms with van der Waals surface area (Å²) in [6.45, 7) is 8.33. The van der Waals surface area contributed by atoms with Crippen LogP contribution in [0, 0.1) is 5.41 Å². The van der Waals surface area contributed by atoms with Crippen molar-refractivity contribution in [3.8, 4) is 0 Å². The molecule has 39 heavy (non-hydrogen) atoms. The molecule has 3 aliphatic rings. The second-order valence-corrected chi connectivity index (χ2v) is 12.2. The van der Waals surface area contributed by atoms with Crippen LogP contribution in [0.3, 0.4) is 0 Å². The van der Waals surface area contributed by atoms with Crippen LogP contribution in [0.5, 0.6) is 0 Å². The van der Waals surface area contributed by atoms with Crippen molar-refractivity contribution in [1.82, 2.24) is 30.6 Å². The number of nitrogens with zero attached hydrogens (tertiary/aromatic N) is 3. The van der Waals surface area contributed by atoms with Gasteiger partial charge in [-0.05, 0) is 41.5 Å². The molecular weight excluding hydrogens is 494 g/mol. The van der Waals surface area contributed by atoms with Gasteiger partial charge in [0, 0.05) is 49.2 Å². The Bertz CT molecular complexity index is 1450. The van der Waals surface area contributed by atoms with Gasteiger partial charge >= 0.3 is 12.1 Å². The zero-order chi connectivity index (χ0) is 27.4. The number of anilines is 1. The van der Waals surface area contributed by atoms with E-state index in [0.29, 0.717) is 45.4 Å². The molecule has 3 aliphatic heterocycles. The molecule has 5 amide bonds. The summed E-state index contributed by atoms with van der Waals surface area (Å²) in [6.07, 6.45) is 3.44. The average Bonchev–Trinajstić information content (AvgIpc) is 3.33. The molecule has 4 heterocycles. The van der Waals surface area contributed by atoms with Crippen molar-refractivity contribution in [2.24, 2.45) is 5.41 Å². The Labute approximate surface area is 227 Å². The first-order valence-electron chi connectivity index (χ1n) is 13.6. The minimum absolute atomic E-state index is 0.0702. The number of para-hydroxylation sites is 1. The summed E-state index contributed by atoms with van der Waals surface area (Å²) < 4.78 is 0. The number of benzene rings is 2.